The van der Waals surface area contributed by atoms with Crippen LogP contribution in [0.3, 0.4) is 0 Å². The van der Waals surface area contributed by atoms with Crippen molar-refractivity contribution >= 4 is 11.8 Å². The highest BCUT2D eigenvalue weighted by atomic mass is 16.5. The number of benzene rings is 2. The maximum atomic E-state index is 13.2. The molecule has 0 unspecified atom stereocenters. The maximum Gasteiger partial charge on any atom is 0.274 e. The Morgan fingerprint density at radius 3 is 2.69 bits per heavy atom. The fraction of sp³-hybridized carbons (Fsp3) is 0.333. The Morgan fingerprint density at radius 2 is 1.92 bits per heavy atom. The minimum atomic E-state index is -0.518. The summed E-state index contributed by atoms with van der Waals surface area (Å²) in [7, 11) is 0. The second-order valence-electron chi connectivity index (χ2n) is 7.34. The van der Waals surface area contributed by atoms with E-state index < -0.39 is 5.91 Å². The van der Waals surface area contributed by atoms with Gasteiger partial charge in [0.2, 0.25) is 5.91 Å². The summed E-state index contributed by atoms with van der Waals surface area (Å²) in [5, 5.41) is 8.85. The van der Waals surface area contributed by atoms with Gasteiger partial charge in [0.05, 0.1) is 5.41 Å². The lowest BCUT2D eigenvalue weighted by molar-refractivity contribution is -0.137. The lowest BCUT2D eigenvalue weighted by atomic mass is 9.70. The smallest absolute Gasteiger partial charge is 0.274 e. The molecule has 5 nitrogen and oxygen atoms in total. The van der Waals surface area contributed by atoms with Gasteiger partial charge in [-0.15, -0.1) is 0 Å². The van der Waals surface area contributed by atoms with Crippen LogP contribution in [0.15, 0.2) is 48.5 Å². The minimum Gasteiger partial charge on any atom is -0.338 e. The monoisotopic (exact) mass is 350 g/mol. The second kappa shape index (κ2) is 6.57. The average Bonchev–Trinajstić information content (AvgIpc) is 2.97. The van der Waals surface area contributed by atoms with Gasteiger partial charge in [-0.1, -0.05) is 36.4 Å². The van der Waals surface area contributed by atoms with E-state index in [1.165, 1.54) is 5.56 Å². The molecule has 2 aromatic carbocycles. The summed E-state index contributed by atoms with van der Waals surface area (Å²) in [6.07, 6.45) is 3.23. The van der Waals surface area contributed by atoms with Crippen LogP contribution in [-0.4, -0.2) is 28.5 Å². The summed E-state index contributed by atoms with van der Waals surface area (Å²) in [5.41, 5.74) is 5.14. The van der Waals surface area contributed by atoms with Gasteiger partial charge in [-0.05, 0) is 54.5 Å². The van der Waals surface area contributed by atoms with Crippen LogP contribution in [0.5, 0.6) is 0 Å². The molecule has 1 spiro atoms. The van der Waals surface area contributed by atoms with Crippen molar-refractivity contribution in [3.8, 4) is 0 Å². The molecule has 134 valence electrons. The Bertz CT molecular complexity index is 850. The third-order valence-corrected chi connectivity index (χ3v) is 5.79. The van der Waals surface area contributed by atoms with Crippen LogP contribution in [0.1, 0.15) is 39.9 Å². The Kier molecular flexibility index (Phi) is 4.24. The highest BCUT2D eigenvalue weighted by molar-refractivity contribution is 5.93. The van der Waals surface area contributed by atoms with Gasteiger partial charge in [0.1, 0.15) is 0 Å². The number of hydrogen-bond acceptors (Lipinski definition) is 3. The van der Waals surface area contributed by atoms with E-state index >= 15 is 0 Å². The van der Waals surface area contributed by atoms with Gasteiger partial charge >= 0.3 is 0 Å². The highest BCUT2D eigenvalue weighted by Crippen LogP contribution is 2.44. The van der Waals surface area contributed by atoms with Crippen molar-refractivity contribution in [1.82, 2.24) is 10.4 Å². The fourth-order valence-electron chi connectivity index (χ4n) is 4.31. The summed E-state index contributed by atoms with van der Waals surface area (Å²) < 4.78 is 0. The number of hydrogen-bond donors (Lipinski definition) is 2. The van der Waals surface area contributed by atoms with Crippen molar-refractivity contribution in [2.24, 2.45) is 5.41 Å². The van der Waals surface area contributed by atoms with Crippen LogP contribution in [0.2, 0.25) is 0 Å². The van der Waals surface area contributed by atoms with E-state index in [1.807, 2.05) is 47.4 Å². The van der Waals surface area contributed by atoms with Crippen LogP contribution in [0.4, 0.5) is 0 Å². The molecule has 2 amide bonds. The van der Waals surface area contributed by atoms with Gasteiger partial charge in [-0.25, -0.2) is 5.48 Å². The van der Waals surface area contributed by atoms with Crippen molar-refractivity contribution in [2.75, 3.05) is 6.54 Å². The Labute approximate surface area is 152 Å². The number of nitrogens with zero attached hydrogens (tertiary/aromatic N) is 1. The molecule has 4 rings (SSSR count). The number of hydroxylamine groups is 1. The zero-order chi connectivity index (χ0) is 18.1. The first kappa shape index (κ1) is 16.8. The molecule has 1 fully saturated rings. The SMILES string of the molecule is O=C(NO)c1ccc2c(c1)C[C@@]1(CC2)CCN(Cc2ccccc2)C1=O. The third-order valence-electron chi connectivity index (χ3n) is 5.79. The lowest BCUT2D eigenvalue weighted by Crippen LogP contribution is -2.38. The quantitative estimate of drug-likeness (QED) is 0.661. The van der Waals surface area contributed by atoms with Crippen LogP contribution >= 0.6 is 0 Å². The number of likely N-dealkylation sites (tertiary alicyclic amines) is 1. The number of amides is 2. The minimum absolute atomic E-state index is 0.226. The normalized spacial score (nSPS) is 21.7. The first-order valence-corrected chi connectivity index (χ1v) is 9.01. The second-order valence-corrected chi connectivity index (χ2v) is 7.34. The molecule has 0 radical (unpaired) electrons. The van der Waals surface area contributed by atoms with E-state index in [0.29, 0.717) is 18.5 Å². The summed E-state index contributed by atoms with van der Waals surface area (Å²) >= 11 is 0. The number of fused-ring (bicyclic) bond motifs is 1. The Hall–Kier alpha value is -2.66. The van der Waals surface area contributed by atoms with E-state index in [9.17, 15) is 9.59 Å². The molecule has 0 bridgehead atoms. The van der Waals surface area contributed by atoms with Crippen LogP contribution in [0, 0.1) is 5.41 Å². The van der Waals surface area contributed by atoms with Gasteiger partial charge in [0.25, 0.3) is 5.91 Å². The fourth-order valence-corrected chi connectivity index (χ4v) is 4.31. The van der Waals surface area contributed by atoms with Gasteiger partial charge < -0.3 is 4.90 Å². The lowest BCUT2D eigenvalue weighted by Gasteiger charge is -2.33. The van der Waals surface area contributed by atoms with Gasteiger partial charge in [-0.3, -0.25) is 14.8 Å². The largest absolute Gasteiger partial charge is 0.338 e. The van der Waals surface area contributed by atoms with Crippen LogP contribution in [0.25, 0.3) is 0 Å². The molecule has 2 N–H and O–H groups in total. The molecule has 1 aliphatic carbocycles. The van der Waals surface area contributed by atoms with Crippen LogP contribution < -0.4 is 5.48 Å². The van der Waals surface area contributed by atoms with Gasteiger partial charge in [0, 0.05) is 18.7 Å². The molecule has 26 heavy (non-hydrogen) atoms. The zero-order valence-electron chi connectivity index (χ0n) is 14.6. The predicted octanol–water partition coefficient (Wildman–Crippen LogP) is 2.71. The van der Waals surface area contributed by atoms with Crippen molar-refractivity contribution in [3.63, 3.8) is 0 Å². The molecule has 1 atom stereocenters. The standard InChI is InChI=1S/C21H22N2O3/c24-19(22-26)17-7-6-16-8-9-21(13-18(16)12-17)10-11-23(20(21)25)14-15-4-2-1-3-5-15/h1-7,12,26H,8-11,13-14H2,(H,22,24)/t21-/m1/s1. The number of nitrogens with one attached hydrogen (secondary N) is 1. The molecule has 5 heteroatoms. The van der Waals surface area contributed by atoms with Crippen molar-refractivity contribution < 1.29 is 14.8 Å². The number of carbonyl (C=O) groups excluding carboxylic acids is 2. The van der Waals surface area contributed by atoms with Gasteiger partial charge in [0.15, 0.2) is 0 Å². The van der Waals surface area contributed by atoms with Crippen molar-refractivity contribution in [3.05, 3.63) is 70.8 Å². The van der Waals surface area contributed by atoms with Crippen molar-refractivity contribution in [2.45, 2.75) is 32.2 Å². The predicted molar refractivity (Wildman–Crippen MR) is 96.6 cm³/mol. The molecule has 2 aliphatic rings. The number of rotatable bonds is 3. The molecule has 0 saturated carbocycles. The third kappa shape index (κ3) is 2.88. The van der Waals surface area contributed by atoms with E-state index in [1.54, 1.807) is 11.5 Å². The maximum absolute atomic E-state index is 13.2. The highest BCUT2D eigenvalue weighted by Gasteiger charge is 2.47. The topological polar surface area (TPSA) is 69.6 Å². The molecule has 1 aliphatic heterocycles. The van der Waals surface area contributed by atoms with E-state index in [-0.39, 0.29) is 11.3 Å². The Balaban J connectivity index is 1.55. The van der Waals surface area contributed by atoms with E-state index in [2.05, 4.69) is 0 Å². The van der Waals surface area contributed by atoms with Crippen LogP contribution in [-0.2, 0) is 24.2 Å². The molecular weight excluding hydrogens is 328 g/mol. The zero-order valence-corrected chi connectivity index (χ0v) is 14.6. The summed E-state index contributed by atoms with van der Waals surface area (Å²) in [6.45, 7) is 1.43. The number of carbonyl (C=O) groups is 2. The molecule has 1 heterocycles. The molecule has 0 aromatic heterocycles. The van der Waals surface area contributed by atoms with Crippen molar-refractivity contribution in [1.29, 1.82) is 0 Å². The number of aryl methyl sites for hydroxylation is 1. The summed E-state index contributed by atoms with van der Waals surface area (Å²) in [4.78, 5) is 26.8. The molecule has 2 aromatic rings. The Morgan fingerprint density at radius 1 is 1.12 bits per heavy atom. The van der Waals surface area contributed by atoms with Gasteiger partial charge in [-0.2, -0.15) is 0 Å². The summed E-state index contributed by atoms with van der Waals surface area (Å²) in [5.74, 6) is -0.292. The summed E-state index contributed by atoms with van der Waals surface area (Å²) in [6, 6.07) is 15.5. The average molecular weight is 350 g/mol. The molecule has 1 saturated heterocycles. The van der Waals surface area contributed by atoms with E-state index in [0.717, 1.165) is 36.9 Å². The first-order valence-electron chi connectivity index (χ1n) is 9.01. The first-order chi connectivity index (χ1) is 12.6. The molecular formula is C21H22N2O3. The van der Waals surface area contributed by atoms with E-state index in [4.69, 9.17) is 5.21 Å².